The number of hydrogen-bond acceptors (Lipinski definition) is 5. The normalized spacial score (nSPS) is 19.9. The summed E-state index contributed by atoms with van der Waals surface area (Å²) in [6.45, 7) is 5.65. The third kappa shape index (κ3) is 5.74. The van der Waals surface area contributed by atoms with Crippen LogP contribution >= 0.6 is 0 Å². The Labute approximate surface area is 121 Å². The van der Waals surface area contributed by atoms with Crippen LogP contribution in [-0.2, 0) is 14.8 Å². The summed E-state index contributed by atoms with van der Waals surface area (Å²) in [5, 5.41) is 12.1. The van der Waals surface area contributed by atoms with Gasteiger partial charge in [-0.05, 0) is 19.4 Å². The van der Waals surface area contributed by atoms with E-state index in [1.54, 1.807) is 0 Å². The molecule has 2 N–H and O–H groups in total. The molecule has 20 heavy (non-hydrogen) atoms. The van der Waals surface area contributed by atoms with Crippen LogP contribution in [0.15, 0.2) is 0 Å². The van der Waals surface area contributed by atoms with Gasteiger partial charge in [-0.25, -0.2) is 8.42 Å². The number of sulfonamides is 1. The zero-order valence-electron chi connectivity index (χ0n) is 12.2. The molecule has 1 fully saturated rings. The molecule has 0 amide bonds. The largest absolute Gasteiger partial charge is 0.480 e. The Morgan fingerprint density at radius 1 is 1.30 bits per heavy atom. The van der Waals surface area contributed by atoms with E-state index in [0.29, 0.717) is 45.7 Å². The second-order valence-electron chi connectivity index (χ2n) is 5.14. The fourth-order valence-electron chi connectivity index (χ4n) is 2.23. The highest BCUT2D eigenvalue weighted by Gasteiger charge is 2.24. The Morgan fingerprint density at radius 2 is 1.90 bits per heavy atom. The smallest absolute Gasteiger partial charge is 0.320 e. The van der Waals surface area contributed by atoms with Crippen molar-refractivity contribution in [3.63, 3.8) is 0 Å². The summed E-state index contributed by atoms with van der Waals surface area (Å²) in [5.41, 5.74) is 0. The van der Waals surface area contributed by atoms with E-state index >= 15 is 0 Å². The molecule has 1 atom stereocenters. The van der Waals surface area contributed by atoms with Crippen LogP contribution in [0.4, 0.5) is 0 Å². The molecule has 0 aliphatic carbocycles. The highest BCUT2D eigenvalue weighted by molar-refractivity contribution is 7.88. The van der Waals surface area contributed by atoms with Crippen LogP contribution in [0.2, 0.25) is 0 Å². The number of nitrogens with zero attached hydrogens (tertiary/aromatic N) is 2. The topological polar surface area (TPSA) is 90.0 Å². The molecule has 1 heterocycles. The first kappa shape index (κ1) is 17.4. The molecule has 8 heteroatoms. The standard InChI is InChI=1S/C12H25N3O4S/c1-3-5-13-11(12(16)17)4-6-14-7-9-15(10-8-14)20(2,18)19/h11,13H,3-10H2,1-2H3,(H,16,17). The van der Waals surface area contributed by atoms with Crippen molar-refractivity contribution < 1.29 is 18.3 Å². The van der Waals surface area contributed by atoms with E-state index in [9.17, 15) is 13.2 Å². The van der Waals surface area contributed by atoms with Gasteiger partial charge in [-0.15, -0.1) is 0 Å². The molecular weight excluding hydrogens is 282 g/mol. The van der Waals surface area contributed by atoms with Gasteiger partial charge in [0.1, 0.15) is 6.04 Å². The summed E-state index contributed by atoms with van der Waals surface area (Å²) in [6, 6.07) is -0.525. The third-order valence-electron chi connectivity index (χ3n) is 3.47. The highest BCUT2D eigenvalue weighted by Crippen LogP contribution is 2.07. The van der Waals surface area contributed by atoms with Gasteiger partial charge in [-0.2, -0.15) is 4.31 Å². The van der Waals surface area contributed by atoms with Gasteiger partial charge < -0.3 is 15.3 Å². The molecule has 1 saturated heterocycles. The monoisotopic (exact) mass is 307 g/mol. The van der Waals surface area contributed by atoms with Gasteiger partial charge in [-0.1, -0.05) is 6.92 Å². The van der Waals surface area contributed by atoms with Crippen LogP contribution in [-0.4, -0.2) is 80.3 Å². The Morgan fingerprint density at radius 3 is 2.35 bits per heavy atom. The van der Waals surface area contributed by atoms with E-state index in [0.717, 1.165) is 6.42 Å². The molecule has 1 aliphatic heterocycles. The van der Waals surface area contributed by atoms with Crippen molar-refractivity contribution >= 4 is 16.0 Å². The molecule has 0 aromatic heterocycles. The molecule has 1 unspecified atom stereocenters. The lowest BCUT2D eigenvalue weighted by Crippen LogP contribution is -2.49. The summed E-state index contributed by atoms with van der Waals surface area (Å²) in [5.74, 6) is -0.826. The predicted molar refractivity (Wildman–Crippen MR) is 77.2 cm³/mol. The van der Waals surface area contributed by atoms with E-state index in [-0.39, 0.29) is 0 Å². The van der Waals surface area contributed by atoms with Crippen molar-refractivity contribution in [2.75, 3.05) is 45.5 Å². The maximum Gasteiger partial charge on any atom is 0.320 e. The van der Waals surface area contributed by atoms with Crippen molar-refractivity contribution in [2.45, 2.75) is 25.8 Å². The van der Waals surface area contributed by atoms with E-state index in [2.05, 4.69) is 10.2 Å². The summed E-state index contributed by atoms with van der Waals surface area (Å²) in [6.07, 6.45) is 2.66. The average molecular weight is 307 g/mol. The molecule has 0 radical (unpaired) electrons. The first-order valence-corrected chi connectivity index (χ1v) is 8.83. The van der Waals surface area contributed by atoms with Crippen molar-refractivity contribution in [3.8, 4) is 0 Å². The summed E-state index contributed by atoms with van der Waals surface area (Å²) in [7, 11) is -3.11. The average Bonchev–Trinajstić information content (AvgIpc) is 2.38. The van der Waals surface area contributed by atoms with Gasteiger partial charge in [0.25, 0.3) is 0 Å². The Hall–Kier alpha value is -0.700. The van der Waals surface area contributed by atoms with E-state index in [1.807, 2.05) is 6.92 Å². The lowest BCUT2D eigenvalue weighted by Gasteiger charge is -2.33. The van der Waals surface area contributed by atoms with Crippen molar-refractivity contribution in [2.24, 2.45) is 0 Å². The maximum atomic E-state index is 11.4. The molecule has 1 aliphatic rings. The van der Waals surface area contributed by atoms with Gasteiger partial charge >= 0.3 is 5.97 Å². The zero-order chi connectivity index (χ0) is 15.2. The molecule has 7 nitrogen and oxygen atoms in total. The fourth-order valence-corrected chi connectivity index (χ4v) is 3.05. The number of carbonyl (C=O) groups is 1. The first-order chi connectivity index (χ1) is 9.34. The van der Waals surface area contributed by atoms with Gasteiger partial charge in [0.2, 0.25) is 10.0 Å². The minimum absolute atomic E-state index is 0.485. The SMILES string of the molecule is CCCNC(CCN1CCN(S(C)(=O)=O)CC1)C(=O)O. The van der Waals surface area contributed by atoms with Gasteiger partial charge in [0, 0.05) is 32.7 Å². The van der Waals surface area contributed by atoms with Gasteiger partial charge in [-0.3, -0.25) is 4.79 Å². The molecule has 0 aromatic rings. The predicted octanol–water partition coefficient (Wildman–Crippen LogP) is -0.593. The number of nitrogens with one attached hydrogen (secondary N) is 1. The Kier molecular flexibility index (Phi) is 6.87. The zero-order valence-corrected chi connectivity index (χ0v) is 13.0. The lowest BCUT2D eigenvalue weighted by atomic mass is 10.2. The Bertz CT molecular complexity index is 405. The Balaban J connectivity index is 2.34. The number of rotatable bonds is 8. The van der Waals surface area contributed by atoms with Crippen LogP contribution in [0.1, 0.15) is 19.8 Å². The van der Waals surface area contributed by atoms with Crippen molar-refractivity contribution in [3.05, 3.63) is 0 Å². The number of piperazine rings is 1. The molecule has 0 bridgehead atoms. The maximum absolute atomic E-state index is 11.4. The van der Waals surface area contributed by atoms with Crippen LogP contribution in [0.3, 0.4) is 0 Å². The number of carboxylic acid groups (broad SMARTS) is 1. The van der Waals surface area contributed by atoms with E-state index in [4.69, 9.17) is 5.11 Å². The second kappa shape index (κ2) is 7.92. The second-order valence-corrected chi connectivity index (χ2v) is 7.12. The highest BCUT2D eigenvalue weighted by atomic mass is 32.2. The minimum Gasteiger partial charge on any atom is -0.480 e. The fraction of sp³-hybridized carbons (Fsp3) is 0.917. The van der Waals surface area contributed by atoms with Gasteiger partial charge in [0.15, 0.2) is 0 Å². The molecule has 0 aromatic carbocycles. The van der Waals surface area contributed by atoms with Crippen LogP contribution in [0.5, 0.6) is 0 Å². The number of aliphatic carboxylic acids is 1. The van der Waals surface area contributed by atoms with Crippen LogP contribution in [0, 0.1) is 0 Å². The summed E-state index contributed by atoms with van der Waals surface area (Å²) >= 11 is 0. The first-order valence-electron chi connectivity index (χ1n) is 6.98. The van der Waals surface area contributed by atoms with Crippen molar-refractivity contribution in [1.82, 2.24) is 14.5 Å². The molecule has 0 saturated carbocycles. The molecule has 118 valence electrons. The van der Waals surface area contributed by atoms with E-state index in [1.165, 1.54) is 10.6 Å². The number of carboxylic acids is 1. The summed E-state index contributed by atoms with van der Waals surface area (Å²) in [4.78, 5) is 13.2. The minimum atomic E-state index is -3.11. The van der Waals surface area contributed by atoms with Crippen molar-refractivity contribution in [1.29, 1.82) is 0 Å². The number of hydrogen-bond donors (Lipinski definition) is 2. The van der Waals surface area contributed by atoms with E-state index < -0.39 is 22.0 Å². The lowest BCUT2D eigenvalue weighted by molar-refractivity contribution is -0.139. The molecule has 0 spiro atoms. The molecular formula is C12H25N3O4S. The molecule has 1 rings (SSSR count). The van der Waals surface area contributed by atoms with Crippen LogP contribution in [0.25, 0.3) is 0 Å². The summed E-state index contributed by atoms with van der Waals surface area (Å²) < 4.78 is 24.2. The van der Waals surface area contributed by atoms with Gasteiger partial charge in [0.05, 0.1) is 6.26 Å². The third-order valence-corrected chi connectivity index (χ3v) is 4.78. The quantitative estimate of drug-likeness (QED) is 0.623. The van der Waals surface area contributed by atoms with Crippen LogP contribution < -0.4 is 5.32 Å².